The van der Waals surface area contributed by atoms with Gasteiger partial charge in [-0.2, -0.15) is 9.55 Å². The lowest BCUT2D eigenvalue weighted by atomic mass is 10.1. The van der Waals surface area contributed by atoms with E-state index < -0.39 is 0 Å². The Balaban J connectivity index is 1.20. The van der Waals surface area contributed by atoms with Gasteiger partial charge in [-0.05, 0) is 36.9 Å². The molecule has 4 aromatic heterocycles. The van der Waals surface area contributed by atoms with E-state index in [0.717, 1.165) is 38.3 Å². The molecule has 0 aliphatic heterocycles. The summed E-state index contributed by atoms with van der Waals surface area (Å²) in [5, 5.41) is 9.30. The molecule has 0 bridgehead atoms. The van der Waals surface area contributed by atoms with Crippen molar-refractivity contribution in [2.75, 3.05) is 26.6 Å². The number of Topliss-reactive ketones (excluding diaryl/α,β-unsaturated/α-hetero) is 1. The standard InChI is InChI=1S/C32H31N6O5S/c1-19-10-12-37(16-23(39)17-38-13-11-21-8-6-7-9-25(21)38)18-24(19)30-35-31(43-36-30)29-20(2)33-32(44-29)34-22-14-26(40-3)28(42-5)27(15-22)41-4/h6-15,18H,16-17H2,1-5H3,(H,33,34)/q+1. The van der Waals surface area contributed by atoms with Gasteiger partial charge in [-0.3, -0.25) is 4.79 Å². The van der Waals surface area contributed by atoms with Gasteiger partial charge in [-0.25, -0.2) is 4.98 Å². The molecule has 0 amide bonds. The maximum absolute atomic E-state index is 13.0. The fourth-order valence-corrected chi connectivity index (χ4v) is 5.92. The number of ether oxygens (including phenoxy) is 3. The third-order valence-electron chi connectivity index (χ3n) is 7.20. The molecule has 0 radical (unpaired) electrons. The van der Waals surface area contributed by atoms with Crippen molar-refractivity contribution in [3.63, 3.8) is 0 Å². The molecule has 11 nitrogen and oxygen atoms in total. The van der Waals surface area contributed by atoms with Gasteiger partial charge >= 0.3 is 0 Å². The zero-order valence-electron chi connectivity index (χ0n) is 25.0. The Bertz CT molecular complexity index is 1950. The van der Waals surface area contributed by atoms with E-state index in [1.54, 1.807) is 21.3 Å². The van der Waals surface area contributed by atoms with Crippen LogP contribution in [0.3, 0.4) is 0 Å². The lowest BCUT2D eigenvalue weighted by molar-refractivity contribution is -0.683. The van der Waals surface area contributed by atoms with Gasteiger partial charge in [0.05, 0.1) is 39.1 Å². The van der Waals surface area contributed by atoms with Crippen molar-refractivity contribution in [2.45, 2.75) is 26.9 Å². The highest BCUT2D eigenvalue weighted by Crippen LogP contribution is 2.42. The van der Waals surface area contributed by atoms with Crippen molar-refractivity contribution < 1.29 is 28.1 Å². The predicted molar refractivity (Wildman–Crippen MR) is 167 cm³/mol. The zero-order valence-corrected chi connectivity index (χ0v) is 25.8. The normalized spacial score (nSPS) is 11.1. The van der Waals surface area contributed by atoms with Crippen LogP contribution in [0, 0.1) is 13.8 Å². The Morgan fingerprint density at radius 3 is 2.55 bits per heavy atom. The summed E-state index contributed by atoms with van der Waals surface area (Å²) in [6.45, 7) is 4.36. The molecule has 6 rings (SSSR count). The Morgan fingerprint density at radius 1 is 1.02 bits per heavy atom. The quantitative estimate of drug-likeness (QED) is 0.183. The number of para-hydroxylation sites is 1. The van der Waals surface area contributed by atoms with Crippen molar-refractivity contribution in [3.8, 4) is 39.4 Å². The van der Waals surface area contributed by atoms with Gasteiger partial charge in [0.25, 0.3) is 5.89 Å². The topological polar surface area (TPSA) is 117 Å². The Kier molecular flexibility index (Phi) is 7.99. The number of benzene rings is 2. The number of anilines is 2. The molecule has 0 spiro atoms. The van der Waals surface area contributed by atoms with Crippen LogP contribution in [0.2, 0.25) is 0 Å². The molecule has 0 unspecified atom stereocenters. The van der Waals surface area contributed by atoms with Gasteiger partial charge in [-0.1, -0.05) is 34.7 Å². The van der Waals surface area contributed by atoms with Crippen LogP contribution < -0.4 is 24.1 Å². The van der Waals surface area contributed by atoms with E-state index in [2.05, 4.69) is 15.5 Å². The third kappa shape index (κ3) is 5.71. The highest BCUT2D eigenvalue weighted by molar-refractivity contribution is 7.19. The van der Waals surface area contributed by atoms with Gasteiger partial charge in [0, 0.05) is 35.6 Å². The molecule has 224 valence electrons. The fraction of sp³-hybridized carbons (Fsp3) is 0.219. The molecule has 44 heavy (non-hydrogen) atoms. The summed E-state index contributed by atoms with van der Waals surface area (Å²) < 4.78 is 25.8. The number of pyridine rings is 1. The Hall–Kier alpha value is -5.23. The molecule has 0 atom stereocenters. The fourth-order valence-electron chi connectivity index (χ4n) is 5.01. The highest BCUT2D eigenvalue weighted by atomic mass is 32.1. The summed E-state index contributed by atoms with van der Waals surface area (Å²) in [4.78, 5) is 23.1. The number of aromatic nitrogens is 5. The number of thiazole rings is 1. The van der Waals surface area contributed by atoms with E-state index in [4.69, 9.17) is 23.7 Å². The maximum Gasteiger partial charge on any atom is 0.270 e. The molecule has 0 fully saturated rings. The molecule has 6 aromatic rings. The van der Waals surface area contributed by atoms with Crippen LogP contribution in [0.15, 0.2) is 71.6 Å². The highest BCUT2D eigenvalue weighted by Gasteiger charge is 2.22. The van der Waals surface area contributed by atoms with Crippen molar-refractivity contribution in [1.82, 2.24) is 19.7 Å². The monoisotopic (exact) mass is 611 g/mol. The van der Waals surface area contributed by atoms with Crippen molar-refractivity contribution in [3.05, 3.63) is 78.4 Å². The van der Waals surface area contributed by atoms with Gasteiger partial charge in [0.15, 0.2) is 29.0 Å². The first-order valence-corrected chi connectivity index (χ1v) is 14.6. The summed E-state index contributed by atoms with van der Waals surface area (Å²) in [6, 6.07) is 15.6. The van der Waals surface area contributed by atoms with Crippen molar-refractivity contribution in [2.24, 2.45) is 0 Å². The largest absolute Gasteiger partial charge is 0.493 e. The van der Waals surface area contributed by atoms with Crippen LogP contribution in [0.1, 0.15) is 11.3 Å². The number of methoxy groups -OCH3 is 3. The second-order valence-electron chi connectivity index (χ2n) is 10.2. The lowest BCUT2D eigenvalue weighted by Crippen LogP contribution is -2.38. The number of hydrogen-bond donors (Lipinski definition) is 1. The average molecular weight is 612 g/mol. The van der Waals surface area contributed by atoms with Crippen LogP contribution in [0.4, 0.5) is 10.8 Å². The number of aryl methyl sites for hydroxylation is 2. The van der Waals surface area contributed by atoms with Crippen LogP contribution in [-0.4, -0.2) is 46.8 Å². The summed E-state index contributed by atoms with van der Waals surface area (Å²) in [6.07, 6.45) is 5.72. The van der Waals surface area contributed by atoms with Gasteiger partial charge in [0.2, 0.25) is 23.9 Å². The first kappa shape index (κ1) is 28.9. The number of rotatable bonds is 11. The zero-order chi connectivity index (χ0) is 30.8. The number of carbonyl (C=O) groups excluding carboxylic acids is 1. The first-order valence-electron chi connectivity index (χ1n) is 13.8. The van der Waals surface area contributed by atoms with Crippen molar-refractivity contribution in [1.29, 1.82) is 0 Å². The molecule has 0 saturated heterocycles. The molecule has 2 aromatic carbocycles. The molecule has 0 aliphatic rings. The molecule has 4 heterocycles. The van der Waals surface area contributed by atoms with E-state index in [0.29, 0.717) is 34.1 Å². The van der Waals surface area contributed by atoms with E-state index in [1.807, 2.05) is 90.1 Å². The molecule has 12 heteroatoms. The number of carbonyl (C=O) groups is 1. The SMILES string of the molecule is COc1cc(Nc2nc(C)c(-c3nc(-c4c[n+](CC(=O)Cn5ccc6ccccc65)ccc4C)no3)s2)cc(OC)c1OC. The molecule has 0 saturated carbocycles. The Labute approximate surface area is 257 Å². The molecule has 0 aliphatic carbocycles. The third-order valence-corrected chi connectivity index (χ3v) is 8.26. The van der Waals surface area contributed by atoms with E-state index in [9.17, 15) is 4.79 Å². The minimum Gasteiger partial charge on any atom is -0.493 e. The second-order valence-corrected chi connectivity index (χ2v) is 11.1. The van der Waals surface area contributed by atoms with Crippen molar-refractivity contribution >= 4 is 38.8 Å². The van der Waals surface area contributed by atoms with Crippen LogP contribution in [-0.2, 0) is 17.9 Å². The predicted octanol–water partition coefficient (Wildman–Crippen LogP) is 5.76. The lowest BCUT2D eigenvalue weighted by Gasteiger charge is -2.14. The van der Waals surface area contributed by atoms with E-state index >= 15 is 0 Å². The summed E-state index contributed by atoms with van der Waals surface area (Å²) >= 11 is 1.39. The van der Waals surface area contributed by atoms with Gasteiger partial charge in [0.1, 0.15) is 4.88 Å². The first-order chi connectivity index (χ1) is 21.4. The number of ketones is 1. The van der Waals surface area contributed by atoms with Crippen LogP contribution in [0.5, 0.6) is 17.2 Å². The maximum atomic E-state index is 13.0. The minimum absolute atomic E-state index is 0.0763. The van der Waals surface area contributed by atoms with Crippen LogP contribution in [0.25, 0.3) is 33.1 Å². The van der Waals surface area contributed by atoms with Crippen LogP contribution >= 0.6 is 11.3 Å². The van der Waals surface area contributed by atoms with Gasteiger partial charge in [-0.15, -0.1) is 0 Å². The minimum atomic E-state index is 0.0763. The number of nitrogens with zero attached hydrogens (tertiary/aromatic N) is 5. The molecule has 1 N–H and O–H groups in total. The number of hydrogen-bond acceptors (Lipinski definition) is 10. The summed E-state index contributed by atoms with van der Waals surface area (Å²) in [5.74, 6) is 2.43. The number of fused-ring (bicyclic) bond motifs is 1. The second kappa shape index (κ2) is 12.2. The number of nitrogens with one attached hydrogen (secondary N) is 1. The summed E-state index contributed by atoms with van der Waals surface area (Å²) in [5.41, 5.74) is 4.23. The summed E-state index contributed by atoms with van der Waals surface area (Å²) in [7, 11) is 4.70. The smallest absolute Gasteiger partial charge is 0.270 e. The van der Waals surface area contributed by atoms with E-state index in [1.165, 1.54) is 11.3 Å². The van der Waals surface area contributed by atoms with Gasteiger partial charge < -0.3 is 28.6 Å². The average Bonchev–Trinajstić information content (AvgIpc) is 3.76. The molecular formula is C32H31N6O5S+. The Morgan fingerprint density at radius 2 is 1.80 bits per heavy atom. The molecular weight excluding hydrogens is 580 g/mol. The van der Waals surface area contributed by atoms with E-state index in [-0.39, 0.29) is 18.9 Å².